The van der Waals surface area contributed by atoms with Gasteiger partial charge in [-0.1, -0.05) is 0 Å². The molecule has 2 unspecified atom stereocenters. The summed E-state index contributed by atoms with van der Waals surface area (Å²) in [5.41, 5.74) is -0.0211. The lowest BCUT2D eigenvalue weighted by Crippen LogP contribution is -2.51. The molecule has 0 aromatic carbocycles. The number of nitrogens with zero attached hydrogens (tertiary/aromatic N) is 1. The van der Waals surface area contributed by atoms with Crippen molar-refractivity contribution >= 4 is 0 Å². The van der Waals surface area contributed by atoms with Crippen molar-refractivity contribution in [1.29, 1.82) is 0 Å². The van der Waals surface area contributed by atoms with E-state index in [1.165, 1.54) is 25.9 Å². The minimum Gasteiger partial charge on any atom is -0.383 e. The molecule has 2 atom stereocenters. The lowest BCUT2D eigenvalue weighted by molar-refractivity contribution is -0.0833. The van der Waals surface area contributed by atoms with E-state index in [0.29, 0.717) is 6.04 Å². The van der Waals surface area contributed by atoms with Gasteiger partial charge in [0.15, 0.2) is 0 Å². The summed E-state index contributed by atoms with van der Waals surface area (Å²) in [7, 11) is 1.76. The average Bonchev–Trinajstić information content (AvgIpc) is 2.63. The minimum absolute atomic E-state index is 0.0117. The maximum Gasteiger partial charge on any atom is 0.0789 e. The summed E-state index contributed by atoms with van der Waals surface area (Å²) in [6.07, 6.45) is 3.79. The molecular weight excluding hydrogens is 264 g/mol. The maximum absolute atomic E-state index is 6.28. The van der Waals surface area contributed by atoms with Crippen LogP contribution in [0.5, 0.6) is 0 Å². The van der Waals surface area contributed by atoms with Gasteiger partial charge in [-0.3, -0.25) is 4.90 Å². The van der Waals surface area contributed by atoms with Gasteiger partial charge in [0, 0.05) is 26.2 Å². The van der Waals surface area contributed by atoms with Crippen LogP contribution in [0.4, 0.5) is 0 Å². The molecule has 1 N–H and O–H groups in total. The quantitative estimate of drug-likeness (QED) is 0.763. The van der Waals surface area contributed by atoms with Crippen LogP contribution in [0.1, 0.15) is 47.0 Å². The second-order valence-corrected chi connectivity index (χ2v) is 7.89. The molecule has 21 heavy (non-hydrogen) atoms. The Morgan fingerprint density at radius 3 is 2.67 bits per heavy atom. The SMILES string of the molecule is COCCNCC1CCCN(C2CC(C)(C)OC2(C)C)C1. The molecule has 4 heteroatoms. The Hall–Kier alpha value is -0.160. The van der Waals surface area contributed by atoms with Crippen LogP contribution >= 0.6 is 0 Å². The van der Waals surface area contributed by atoms with Crippen molar-refractivity contribution in [3.05, 3.63) is 0 Å². The summed E-state index contributed by atoms with van der Waals surface area (Å²) in [6.45, 7) is 14.3. The molecule has 2 fully saturated rings. The molecule has 2 heterocycles. The van der Waals surface area contributed by atoms with Gasteiger partial charge in [-0.2, -0.15) is 0 Å². The smallest absolute Gasteiger partial charge is 0.0789 e. The molecule has 124 valence electrons. The Labute approximate surface area is 130 Å². The highest BCUT2D eigenvalue weighted by Crippen LogP contribution is 2.41. The van der Waals surface area contributed by atoms with Gasteiger partial charge in [-0.05, 0) is 66.0 Å². The summed E-state index contributed by atoms with van der Waals surface area (Å²) in [5.74, 6) is 0.759. The van der Waals surface area contributed by atoms with Crippen LogP contribution in [-0.2, 0) is 9.47 Å². The first kappa shape index (κ1) is 17.2. The molecule has 2 rings (SSSR count). The Morgan fingerprint density at radius 1 is 1.29 bits per heavy atom. The molecule has 4 nitrogen and oxygen atoms in total. The van der Waals surface area contributed by atoms with Crippen LogP contribution in [-0.4, -0.2) is 62.0 Å². The fraction of sp³-hybridized carbons (Fsp3) is 1.00. The Kier molecular flexibility index (Phi) is 5.69. The molecule has 2 aliphatic heterocycles. The van der Waals surface area contributed by atoms with Crippen LogP contribution in [0.25, 0.3) is 0 Å². The third kappa shape index (κ3) is 4.65. The van der Waals surface area contributed by atoms with E-state index in [1.807, 2.05) is 0 Å². The van der Waals surface area contributed by atoms with E-state index in [0.717, 1.165) is 32.0 Å². The highest BCUT2D eigenvalue weighted by atomic mass is 16.5. The van der Waals surface area contributed by atoms with Gasteiger partial charge in [-0.15, -0.1) is 0 Å². The van der Waals surface area contributed by atoms with Crippen molar-refractivity contribution in [3.63, 3.8) is 0 Å². The molecule has 0 aliphatic carbocycles. The van der Waals surface area contributed by atoms with Crippen LogP contribution in [0.3, 0.4) is 0 Å². The van der Waals surface area contributed by atoms with Gasteiger partial charge in [0.1, 0.15) is 0 Å². The average molecular weight is 298 g/mol. The zero-order valence-electron chi connectivity index (χ0n) is 14.6. The summed E-state index contributed by atoms with van der Waals surface area (Å²) < 4.78 is 11.4. The zero-order chi connectivity index (χ0) is 15.5. The molecule has 0 aromatic rings. The van der Waals surface area contributed by atoms with E-state index >= 15 is 0 Å². The molecule has 0 amide bonds. The molecule has 2 aliphatic rings. The third-order valence-corrected chi connectivity index (χ3v) is 4.93. The number of piperidine rings is 1. The summed E-state index contributed by atoms with van der Waals surface area (Å²) in [6, 6.07) is 0.550. The second-order valence-electron chi connectivity index (χ2n) is 7.89. The van der Waals surface area contributed by atoms with Gasteiger partial charge in [0.2, 0.25) is 0 Å². The first-order valence-corrected chi connectivity index (χ1v) is 8.48. The molecule has 0 spiro atoms. The van der Waals surface area contributed by atoms with Crippen molar-refractivity contribution in [2.45, 2.75) is 64.2 Å². The maximum atomic E-state index is 6.28. The number of likely N-dealkylation sites (tertiary alicyclic amines) is 1. The van der Waals surface area contributed by atoms with Crippen LogP contribution in [0.15, 0.2) is 0 Å². The van der Waals surface area contributed by atoms with Crippen LogP contribution in [0.2, 0.25) is 0 Å². The monoisotopic (exact) mass is 298 g/mol. The summed E-state index contributed by atoms with van der Waals surface area (Å²) >= 11 is 0. The molecule has 0 saturated carbocycles. The van der Waals surface area contributed by atoms with E-state index in [1.54, 1.807) is 7.11 Å². The van der Waals surface area contributed by atoms with Gasteiger partial charge in [0.05, 0.1) is 17.8 Å². The van der Waals surface area contributed by atoms with Gasteiger partial charge in [0.25, 0.3) is 0 Å². The van der Waals surface area contributed by atoms with Crippen molar-refractivity contribution in [2.24, 2.45) is 5.92 Å². The van der Waals surface area contributed by atoms with E-state index in [2.05, 4.69) is 37.9 Å². The second kappa shape index (κ2) is 6.95. The molecular formula is C17H34N2O2. The lowest BCUT2D eigenvalue weighted by atomic mass is 9.89. The predicted octanol–water partition coefficient (Wildman–Crippen LogP) is 2.28. The largest absolute Gasteiger partial charge is 0.383 e. The standard InChI is InChI=1S/C17H34N2O2/c1-16(2)11-15(17(3,4)21-16)19-9-6-7-14(13-19)12-18-8-10-20-5/h14-15,18H,6-13H2,1-5H3. The van der Waals surface area contributed by atoms with Crippen LogP contribution < -0.4 is 5.32 Å². The predicted molar refractivity (Wildman–Crippen MR) is 86.7 cm³/mol. The topological polar surface area (TPSA) is 33.7 Å². The molecule has 0 aromatic heterocycles. The highest BCUT2D eigenvalue weighted by molar-refractivity contribution is 5.01. The van der Waals surface area contributed by atoms with Gasteiger partial charge >= 0.3 is 0 Å². The van der Waals surface area contributed by atoms with Gasteiger partial charge < -0.3 is 14.8 Å². The fourth-order valence-electron chi connectivity index (χ4n) is 4.13. The molecule has 0 radical (unpaired) electrons. The van der Waals surface area contributed by atoms with Crippen LogP contribution in [0, 0.1) is 5.92 Å². The number of methoxy groups -OCH3 is 1. The number of ether oxygens (including phenoxy) is 2. The first-order chi connectivity index (χ1) is 9.84. The van der Waals surface area contributed by atoms with E-state index in [-0.39, 0.29) is 11.2 Å². The summed E-state index contributed by atoms with van der Waals surface area (Å²) in [5, 5.41) is 3.52. The number of rotatable bonds is 6. The number of hydrogen-bond donors (Lipinski definition) is 1. The molecule has 0 bridgehead atoms. The third-order valence-electron chi connectivity index (χ3n) is 4.93. The van der Waals surface area contributed by atoms with E-state index in [4.69, 9.17) is 9.47 Å². The first-order valence-electron chi connectivity index (χ1n) is 8.48. The minimum atomic E-state index is -0.0329. The molecule has 2 saturated heterocycles. The Bertz CT molecular complexity index is 331. The van der Waals surface area contributed by atoms with Crippen molar-refractivity contribution in [3.8, 4) is 0 Å². The lowest BCUT2D eigenvalue weighted by Gasteiger charge is -2.41. The Morgan fingerprint density at radius 2 is 2.05 bits per heavy atom. The normalized spacial score (nSPS) is 32.4. The van der Waals surface area contributed by atoms with Gasteiger partial charge in [-0.25, -0.2) is 0 Å². The van der Waals surface area contributed by atoms with Crippen molar-refractivity contribution in [1.82, 2.24) is 10.2 Å². The van der Waals surface area contributed by atoms with Crippen molar-refractivity contribution in [2.75, 3.05) is 39.9 Å². The highest BCUT2D eigenvalue weighted by Gasteiger charge is 2.48. The summed E-state index contributed by atoms with van der Waals surface area (Å²) in [4.78, 5) is 2.68. The number of hydrogen-bond acceptors (Lipinski definition) is 4. The Balaban J connectivity index is 1.86. The van der Waals surface area contributed by atoms with E-state index in [9.17, 15) is 0 Å². The fourth-order valence-corrected chi connectivity index (χ4v) is 4.13. The van der Waals surface area contributed by atoms with Crippen molar-refractivity contribution < 1.29 is 9.47 Å². The zero-order valence-corrected chi connectivity index (χ0v) is 14.6. The number of nitrogens with one attached hydrogen (secondary N) is 1. The van der Waals surface area contributed by atoms with E-state index < -0.39 is 0 Å².